The fourth-order valence-electron chi connectivity index (χ4n) is 4.29. The van der Waals surface area contributed by atoms with Crippen molar-refractivity contribution in [1.82, 2.24) is 14.9 Å². The van der Waals surface area contributed by atoms with Gasteiger partial charge in [-0.1, -0.05) is 0 Å². The number of hydrogen-bond donors (Lipinski definition) is 2. The minimum absolute atomic E-state index is 0.0258. The van der Waals surface area contributed by atoms with Gasteiger partial charge in [0.15, 0.2) is 9.84 Å². The summed E-state index contributed by atoms with van der Waals surface area (Å²) in [4.78, 5) is 25.5. The first-order valence-corrected chi connectivity index (χ1v) is 12.5. The van der Waals surface area contributed by atoms with Crippen LogP contribution in [-0.4, -0.2) is 73.1 Å². The lowest BCUT2D eigenvalue weighted by atomic mass is 9.93. The Labute approximate surface area is 202 Å². The lowest BCUT2D eigenvalue weighted by Gasteiger charge is -2.44. The van der Waals surface area contributed by atoms with E-state index in [9.17, 15) is 17.6 Å². The maximum absolute atomic E-state index is 15.0. The summed E-state index contributed by atoms with van der Waals surface area (Å²) in [6, 6.07) is 3.84. The SMILES string of the molecule is COc1cnc(C(=O)Nc2ccc(F)c([C@]3(C)CS(=O)(=O)C4(CCN(C)CO4)C(N)=N3)c2)c(C)n1. The monoisotopic (exact) mass is 506 g/mol. The van der Waals surface area contributed by atoms with Crippen molar-refractivity contribution in [3.63, 3.8) is 0 Å². The maximum Gasteiger partial charge on any atom is 0.276 e. The van der Waals surface area contributed by atoms with Crippen LogP contribution < -0.4 is 15.8 Å². The van der Waals surface area contributed by atoms with Crippen LogP contribution in [0.5, 0.6) is 5.88 Å². The van der Waals surface area contributed by atoms with Gasteiger partial charge in [-0.05, 0) is 39.1 Å². The number of amides is 1. The number of anilines is 1. The van der Waals surface area contributed by atoms with Crippen molar-refractivity contribution in [3.8, 4) is 5.88 Å². The fourth-order valence-corrected chi connectivity index (χ4v) is 6.48. The van der Waals surface area contributed by atoms with Gasteiger partial charge in [0.2, 0.25) is 10.8 Å². The number of ether oxygens (including phenoxy) is 2. The number of sulfone groups is 1. The Hall–Kier alpha value is -3.16. The molecule has 2 aromatic rings. The average Bonchev–Trinajstić information content (AvgIpc) is 2.79. The Morgan fingerprint density at radius 1 is 1.37 bits per heavy atom. The van der Waals surface area contributed by atoms with Gasteiger partial charge < -0.3 is 20.5 Å². The van der Waals surface area contributed by atoms with E-state index in [0.29, 0.717) is 12.2 Å². The molecular formula is C22H27FN6O5S. The molecule has 2 aliphatic rings. The van der Waals surface area contributed by atoms with Crippen LogP contribution in [0.1, 0.15) is 35.1 Å². The first-order valence-electron chi connectivity index (χ1n) is 10.8. The minimum atomic E-state index is -3.97. The molecule has 4 rings (SSSR count). The number of aliphatic imine (C=N–C) groups is 1. The molecule has 188 valence electrons. The summed E-state index contributed by atoms with van der Waals surface area (Å²) in [5.74, 6) is -1.72. The molecule has 11 nitrogen and oxygen atoms in total. The molecule has 1 unspecified atom stereocenters. The number of aryl methyl sites for hydroxylation is 1. The summed E-state index contributed by atoms with van der Waals surface area (Å²) in [7, 11) is -0.736. The lowest BCUT2D eigenvalue weighted by molar-refractivity contribution is -0.0512. The van der Waals surface area contributed by atoms with Crippen molar-refractivity contribution in [2.24, 2.45) is 10.7 Å². The third-order valence-corrected chi connectivity index (χ3v) is 8.70. The van der Waals surface area contributed by atoms with E-state index in [4.69, 9.17) is 15.2 Å². The zero-order chi connectivity index (χ0) is 25.6. The summed E-state index contributed by atoms with van der Waals surface area (Å²) >= 11 is 0. The number of halogens is 1. The van der Waals surface area contributed by atoms with Gasteiger partial charge in [0.1, 0.15) is 29.6 Å². The van der Waals surface area contributed by atoms with E-state index >= 15 is 0 Å². The van der Waals surface area contributed by atoms with Gasteiger partial charge in [-0.15, -0.1) is 0 Å². The first-order chi connectivity index (χ1) is 16.4. The molecule has 1 spiro atoms. The lowest BCUT2D eigenvalue weighted by Crippen LogP contribution is -2.63. The Morgan fingerprint density at radius 3 is 2.71 bits per heavy atom. The summed E-state index contributed by atoms with van der Waals surface area (Å²) in [5, 5.41) is 2.65. The predicted octanol–water partition coefficient (Wildman–Crippen LogP) is 1.19. The van der Waals surface area contributed by atoms with E-state index < -0.39 is 37.8 Å². The van der Waals surface area contributed by atoms with Gasteiger partial charge in [-0.2, -0.15) is 0 Å². The molecule has 35 heavy (non-hydrogen) atoms. The largest absolute Gasteiger partial charge is 0.480 e. The minimum Gasteiger partial charge on any atom is -0.480 e. The van der Waals surface area contributed by atoms with Gasteiger partial charge in [-0.3, -0.25) is 14.7 Å². The molecule has 1 fully saturated rings. The summed E-state index contributed by atoms with van der Waals surface area (Å²) < 4.78 is 52.4. The zero-order valence-electron chi connectivity index (χ0n) is 19.8. The van der Waals surface area contributed by atoms with Gasteiger partial charge in [0.05, 0.1) is 24.8 Å². The third-order valence-electron chi connectivity index (χ3n) is 6.23. The quantitative estimate of drug-likeness (QED) is 0.623. The number of amidine groups is 1. The van der Waals surface area contributed by atoms with Crippen molar-refractivity contribution in [3.05, 3.63) is 47.2 Å². The van der Waals surface area contributed by atoms with E-state index in [1.54, 1.807) is 14.0 Å². The van der Waals surface area contributed by atoms with Crippen molar-refractivity contribution >= 4 is 27.3 Å². The molecule has 0 saturated carbocycles. The molecule has 0 radical (unpaired) electrons. The smallest absolute Gasteiger partial charge is 0.276 e. The zero-order valence-corrected chi connectivity index (χ0v) is 20.6. The Bertz CT molecular complexity index is 1310. The molecule has 0 bridgehead atoms. The molecule has 1 amide bonds. The highest BCUT2D eigenvalue weighted by atomic mass is 32.2. The third kappa shape index (κ3) is 4.34. The van der Waals surface area contributed by atoms with E-state index in [0.717, 1.165) is 6.07 Å². The Kier molecular flexibility index (Phi) is 6.28. The molecule has 1 saturated heterocycles. The highest BCUT2D eigenvalue weighted by Crippen LogP contribution is 2.41. The molecule has 3 N–H and O–H groups in total. The average molecular weight is 507 g/mol. The first kappa shape index (κ1) is 24.9. The Morgan fingerprint density at radius 2 is 2.11 bits per heavy atom. The second-order valence-corrected chi connectivity index (χ2v) is 11.1. The van der Waals surface area contributed by atoms with Crippen LogP contribution in [0.15, 0.2) is 29.4 Å². The molecule has 3 heterocycles. The van der Waals surface area contributed by atoms with E-state index in [2.05, 4.69) is 20.3 Å². The van der Waals surface area contributed by atoms with Crippen LogP contribution in [0, 0.1) is 12.7 Å². The van der Waals surface area contributed by atoms with Gasteiger partial charge in [0, 0.05) is 24.2 Å². The van der Waals surface area contributed by atoms with Crippen LogP contribution in [0.4, 0.5) is 10.1 Å². The number of aromatic nitrogens is 2. The van der Waals surface area contributed by atoms with Crippen LogP contribution in [0.2, 0.25) is 0 Å². The molecule has 2 aliphatic heterocycles. The number of benzene rings is 1. The number of hydrogen-bond acceptors (Lipinski definition) is 10. The number of carbonyl (C=O) groups excluding carboxylic acids is 1. The van der Waals surface area contributed by atoms with Crippen LogP contribution in [0.3, 0.4) is 0 Å². The van der Waals surface area contributed by atoms with E-state index in [1.165, 1.54) is 32.4 Å². The maximum atomic E-state index is 15.0. The summed E-state index contributed by atoms with van der Waals surface area (Å²) in [5.41, 5.74) is 5.25. The molecule has 0 aliphatic carbocycles. The number of methoxy groups -OCH3 is 1. The normalized spacial score (nSPS) is 26.3. The van der Waals surface area contributed by atoms with Gasteiger partial charge in [0.25, 0.3) is 5.91 Å². The van der Waals surface area contributed by atoms with Crippen molar-refractivity contribution in [1.29, 1.82) is 0 Å². The molecule has 1 aromatic carbocycles. The van der Waals surface area contributed by atoms with E-state index in [-0.39, 0.29) is 41.8 Å². The number of nitrogens with zero attached hydrogens (tertiary/aromatic N) is 4. The second-order valence-electron chi connectivity index (χ2n) is 8.88. The molecule has 1 aromatic heterocycles. The molecule has 13 heteroatoms. The molecular weight excluding hydrogens is 479 g/mol. The number of nitrogens with two attached hydrogens (primary N) is 1. The number of nitrogens with one attached hydrogen (secondary N) is 1. The fraction of sp³-hybridized carbons (Fsp3) is 0.455. The second kappa shape index (κ2) is 8.81. The van der Waals surface area contributed by atoms with Crippen LogP contribution in [0.25, 0.3) is 0 Å². The highest BCUT2D eigenvalue weighted by molar-refractivity contribution is 7.93. The van der Waals surface area contributed by atoms with Crippen molar-refractivity contribution in [2.75, 3.05) is 38.5 Å². The number of carbonyl (C=O) groups is 1. The predicted molar refractivity (Wildman–Crippen MR) is 126 cm³/mol. The Balaban J connectivity index is 1.67. The van der Waals surface area contributed by atoms with Gasteiger partial charge >= 0.3 is 0 Å². The van der Waals surface area contributed by atoms with Crippen molar-refractivity contribution < 1.29 is 27.1 Å². The van der Waals surface area contributed by atoms with Crippen LogP contribution in [-0.2, 0) is 20.1 Å². The topological polar surface area (TPSA) is 149 Å². The summed E-state index contributed by atoms with van der Waals surface area (Å²) in [6.45, 7) is 3.63. The number of rotatable bonds is 4. The van der Waals surface area contributed by atoms with Gasteiger partial charge in [-0.25, -0.2) is 22.8 Å². The highest BCUT2D eigenvalue weighted by Gasteiger charge is 2.57. The molecule has 2 atom stereocenters. The summed E-state index contributed by atoms with van der Waals surface area (Å²) in [6.07, 6.45) is 1.43. The van der Waals surface area contributed by atoms with Crippen LogP contribution >= 0.6 is 0 Å². The van der Waals surface area contributed by atoms with Crippen molar-refractivity contribution in [2.45, 2.75) is 30.7 Å². The van der Waals surface area contributed by atoms with E-state index in [1.807, 2.05) is 4.90 Å². The standard InChI is InChI=1S/C22H27FN6O5S/c1-13-18(25-10-17(26-13)33-4)19(30)27-14-5-6-16(23)15(9-14)21(2)11-35(31,32)22(20(24)28-21)7-8-29(3)12-34-22/h5-6,9-10H,7-8,11-12H2,1-4H3,(H2,24,28)(H,27,30)/t21-,22?/m0/s1.